The van der Waals surface area contributed by atoms with E-state index in [2.05, 4.69) is 75.8 Å². The van der Waals surface area contributed by atoms with Crippen LogP contribution in [0.5, 0.6) is 0 Å². The molecule has 0 bridgehead atoms. The fraction of sp³-hybridized carbons (Fsp3) is 0.375. The summed E-state index contributed by atoms with van der Waals surface area (Å²) in [5.74, 6) is 0. The molecule has 0 amide bonds. The summed E-state index contributed by atoms with van der Waals surface area (Å²) in [4.78, 5) is 13.5. The highest BCUT2D eigenvalue weighted by Gasteiger charge is 2.41. The average Bonchev–Trinajstić information content (AvgIpc) is 3.24. The van der Waals surface area contributed by atoms with Crippen molar-refractivity contribution in [3.63, 3.8) is 0 Å². The van der Waals surface area contributed by atoms with Crippen molar-refractivity contribution < 1.29 is 0 Å². The molecule has 0 saturated carbocycles. The molecule has 1 aliphatic rings. The Morgan fingerprint density at radius 3 is 2.65 bits per heavy atom. The fourth-order valence-electron chi connectivity index (χ4n) is 4.51. The summed E-state index contributed by atoms with van der Waals surface area (Å²) in [5.41, 5.74) is 5.75. The third-order valence-electron chi connectivity index (χ3n) is 5.90. The van der Waals surface area contributed by atoms with E-state index in [1.54, 1.807) is 0 Å². The third kappa shape index (κ3) is 4.34. The van der Waals surface area contributed by atoms with Crippen molar-refractivity contribution in [2.75, 3.05) is 27.2 Å². The highest BCUT2D eigenvalue weighted by molar-refractivity contribution is 7.80. The molecule has 2 unspecified atom stereocenters. The molecule has 3 aromatic rings. The maximum atomic E-state index is 5.81. The number of hydrogen-bond acceptors (Lipinski definition) is 4. The molecule has 0 aromatic carbocycles. The zero-order valence-corrected chi connectivity index (χ0v) is 19.4. The van der Waals surface area contributed by atoms with Crippen LogP contribution >= 0.6 is 12.2 Å². The van der Waals surface area contributed by atoms with E-state index < -0.39 is 0 Å². The first-order chi connectivity index (χ1) is 15.0. The lowest BCUT2D eigenvalue weighted by molar-refractivity contribution is 0.292. The summed E-state index contributed by atoms with van der Waals surface area (Å²) in [5, 5.41) is 4.36. The molecule has 1 saturated heterocycles. The van der Waals surface area contributed by atoms with Crippen LogP contribution in [0.1, 0.15) is 41.1 Å². The van der Waals surface area contributed by atoms with Crippen LogP contribution in [0.2, 0.25) is 0 Å². The first-order valence-corrected chi connectivity index (χ1v) is 11.1. The van der Waals surface area contributed by atoms with E-state index >= 15 is 0 Å². The second-order valence-corrected chi connectivity index (χ2v) is 8.74. The van der Waals surface area contributed by atoms with Crippen molar-refractivity contribution in [2.45, 2.75) is 32.4 Å². The van der Waals surface area contributed by atoms with E-state index in [0.717, 1.165) is 36.0 Å². The topological polar surface area (TPSA) is 49.2 Å². The van der Waals surface area contributed by atoms with E-state index in [1.807, 2.05) is 36.8 Å². The summed E-state index contributed by atoms with van der Waals surface area (Å²) in [6.45, 7) is 6.25. The lowest BCUT2D eigenvalue weighted by atomic mass is 9.96. The van der Waals surface area contributed by atoms with Crippen LogP contribution in [0, 0.1) is 13.8 Å². The minimum Gasteiger partial charge on any atom is -0.352 e. The summed E-state index contributed by atoms with van der Waals surface area (Å²) in [7, 11) is 4.21. The lowest BCUT2D eigenvalue weighted by Crippen LogP contribution is -2.32. The van der Waals surface area contributed by atoms with Gasteiger partial charge in [-0.1, -0.05) is 6.07 Å². The van der Waals surface area contributed by atoms with Crippen molar-refractivity contribution in [2.24, 2.45) is 0 Å². The van der Waals surface area contributed by atoms with E-state index in [1.165, 1.54) is 17.0 Å². The molecule has 4 rings (SSSR count). The number of rotatable bonds is 7. The Morgan fingerprint density at radius 1 is 1.13 bits per heavy atom. The maximum Gasteiger partial charge on any atom is 0.170 e. The summed E-state index contributed by atoms with van der Waals surface area (Å²) < 4.78 is 2.27. The monoisotopic (exact) mass is 434 g/mol. The quantitative estimate of drug-likeness (QED) is 0.571. The highest BCUT2D eigenvalue weighted by Crippen LogP contribution is 2.41. The third-order valence-corrected chi connectivity index (χ3v) is 6.25. The van der Waals surface area contributed by atoms with Crippen molar-refractivity contribution in [3.05, 3.63) is 77.6 Å². The van der Waals surface area contributed by atoms with Gasteiger partial charge in [-0.3, -0.25) is 9.97 Å². The number of aromatic nitrogens is 3. The molecule has 162 valence electrons. The number of nitrogens with one attached hydrogen (secondary N) is 1. The summed E-state index contributed by atoms with van der Waals surface area (Å²) >= 11 is 5.81. The first-order valence-electron chi connectivity index (χ1n) is 10.7. The van der Waals surface area contributed by atoms with Crippen molar-refractivity contribution >= 4 is 17.3 Å². The van der Waals surface area contributed by atoms with E-state index in [-0.39, 0.29) is 12.1 Å². The van der Waals surface area contributed by atoms with Crippen LogP contribution < -0.4 is 5.32 Å². The normalized spacial score (nSPS) is 18.6. The number of pyridine rings is 2. The van der Waals surface area contributed by atoms with E-state index in [4.69, 9.17) is 12.2 Å². The zero-order valence-electron chi connectivity index (χ0n) is 18.6. The van der Waals surface area contributed by atoms with Gasteiger partial charge >= 0.3 is 0 Å². The Kier molecular flexibility index (Phi) is 6.34. The van der Waals surface area contributed by atoms with Crippen LogP contribution in [0.4, 0.5) is 0 Å². The van der Waals surface area contributed by atoms with E-state index in [0.29, 0.717) is 0 Å². The number of aryl methyl sites for hydroxylation is 1. The van der Waals surface area contributed by atoms with Gasteiger partial charge in [0.25, 0.3) is 0 Å². The molecule has 3 aromatic heterocycles. The average molecular weight is 435 g/mol. The van der Waals surface area contributed by atoms with Gasteiger partial charge in [0, 0.05) is 30.3 Å². The maximum absolute atomic E-state index is 5.81. The summed E-state index contributed by atoms with van der Waals surface area (Å²) in [6, 6.07) is 12.5. The Morgan fingerprint density at radius 2 is 1.97 bits per heavy atom. The molecule has 1 N–H and O–H groups in total. The molecule has 0 spiro atoms. The van der Waals surface area contributed by atoms with Crippen molar-refractivity contribution in [1.82, 2.24) is 29.7 Å². The first kappa shape index (κ1) is 21.5. The molecule has 31 heavy (non-hydrogen) atoms. The number of thiocarbonyl (C=S) groups is 1. The molecule has 2 atom stereocenters. The van der Waals surface area contributed by atoms with Gasteiger partial charge in [0.1, 0.15) is 0 Å². The van der Waals surface area contributed by atoms with Crippen LogP contribution in [0.15, 0.2) is 55.0 Å². The molecule has 4 heterocycles. The SMILES string of the molecule is Cc1cc(C2C(c3ccccn3)NC(=S)N2CCCN(C)C)c(C)n1-c1cccnc1. The largest absolute Gasteiger partial charge is 0.352 e. The van der Waals surface area contributed by atoms with Crippen molar-refractivity contribution in [3.8, 4) is 5.69 Å². The van der Waals surface area contributed by atoms with Crippen molar-refractivity contribution in [1.29, 1.82) is 0 Å². The highest BCUT2D eigenvalue weighted by atomic mass is 32.1. The molecule has 0 aliphatic carbocycles. The van der Waals surface area contributed by atoms with Gasteiger partial charge in [0.05, 0.1) is 29.7 Å². The molecular weight excluding hydrogens is 404 g/mol. The Balaban J connectivity index is 1.76. The second kappa shape index (κ2) is 9.16. The molecule has 7 heteroatoms. The van der Waals surface area contributed by atoms with Gasteiger partial charge in [0.2, 0.25) is 0 Å². The van der Waals surface area contributed by atoms with Crippen LogP contribution in [0.3, 0.4) is 0 Å². The molecule has 6 nitrogen and oxygen atoms in total. The standard InChI is InChI=1S/C24H30N6S/c1-17-15-20(18(2)30(17)19-9-7-11-25-16-19)23-22(21-10-5-6-12-26-21)27-24(31)29(23)14-8-13-28(3)4/h5-7,9-12,15-16,22-23H,8,13-14H2,1-4H3,(H,27,31). The smallest absolute Gasteiger partial charge is 0.170 e. The van der Waals surface area contributed by atoms with E-state index in [9.17, 15) is 0 Å². The van der Waals surface area contributed by atoms with Gasteiger partial charge in [-0.25, -0.2) is 0 Å². The summed E-state index contributed by atoms with van der Waals surface area (Å²) in [6.07, 6.45) is 6.61. The molecule has 1 aliphatic heterocycles. The van der Waals surface area contributed by atoms with Gasteiger partial charge in [-0.2, -0.15) is 0 Å². The number of nitrogens with zero attached hydrogens (tertiary/aromatic N) is 5. The Labute approximate surface area is 189 Å². The van der Waals surface area contributed by atoms with Crippen LogP contribution in [-0.2, 0) is 0 Å². The second-order valence-electron chi connectivity index (χ2n) is 8.35. The predicted octanol–water partition coefficient (Wildman–Crippen LogP) is 3.81. The van der Waals surface area contributed by atoms with Gasteiger partial charge < -0.3 is 19.7 Å². The minimum absolute atomic E-state index is 0.0101. The molecular formula is C24H30N6S. The number of hydrogen-bond donors (Lipinski definition) is 1. The zero-order chi connectivity index (χ0) is 22.0. The predicted molar refractivity (Wildman–Crippen MR) is 128 cm³/mol. The van der Waals surface area contributed by atoms with Gasteiger partial charge in [-0.15, -0.1) is 0 Å². The lowest BCUT2D eigenvalue weighted by Gasteiger charge is -2.28. The minimum atomic E-state index is 0.0101. The van der Waals surface area contributed by atoms with Gasteiger partial charge in [-0.05, 0) is 89.0 Å². The Hall–Kier alpha value is -2.77. The molecule has 1 fully saturated rings. The van der Waals surface area contributed by atoms with Crippen LogP contribution in [0.25, 0.3) is 5.69 Å². The van der Waals surface area contributed by atoms with Gasteiger partial charge in [0.15, 0.2) is 5.11 Å². The molecule has 0 radical (unpaired) electrons. The van der Waals surface area contributed by atoms with Crippen LogP contribution in [-0.4, -0.2) is 56.6 Å². The Bertz CT molecular complexity index is 1030. The fourth-order valence-corrected chi connectivity index (χ4v) is 4.84.